The monoisotopic (exact) mass is 299 g/mol. The van der Waals surface area contributed by atoms with Crippen LogP contribution < -0.4 is 10.2 Å². The molecule has 0 radical (unpaired) electrons. The lowest BCUT2D eigenvalue weighted by atomic mass is 9.79. The summed E-state index contributed by atoms with van der Waals surface area (Å²) in [5, 5.41) is 3.48. The number of fused-ring (bicyclic) bond motifs is 1. The fourth-order valence-electron chi connectivity index (χ4n) is 4.17. The third-order valence-electron chi connectivity index (χ3n) is 5.39. The molecule has 2 aromatic heterocycles. The van der Waals surface area contributed by atoms with Crippen molar-refractivity contribution >= 4 is 16.9 Å². The minimum atomic E-state index is 0.863. The molecule has 118 valence electrons. The molecule has 5 heteroatoms. The fraction of sp³-hybridized carbons (Fsp3) is 0.647. The van der Waals surface area contributed by atoms with Gasteiger partial charge >= 0.3 is 0 Å². The summed E-state index contributed by atoms with van der Waals surface area (Å²) in [6, 6.07) is 2.04. The van der Waals surface area contributed by atoms with Gasteiger partial charge in [-0.15, -0.1) is 0 Å². The highest BCUT2D eigenvalue weighted by Gasteiger charge is 2.28. The summed E-state index contributed by atoms with van der Waals surface area (Å²) in [5.74, 6) is 3.79. The highest BCUT2D eigenvalue weighted by Crippen LogP contribution is 2.33. The number of piperidine rings is 2. The highest BCUT2D eigenvalue weighted by atomic mass is 15.2. The highest BCUT2D eigenvalue weighted by molar-refractivity contribution is 5.86. The van der Waals surface area contributed by atoms with Crippen LogP contribution in [-0.2, 0) is 0 Å². The zero-order valence-electron chi connectivity index (χ0n) is 13.3. The van der Waals surface area contributed by atoms with Gasteiger partial charge in [-0.05, 0) is 63.6 Å². The second kappa shape index (κ2) is 5.88. The second-order valence-electron chi connectivity index (χ2n) is 6.74. The van der Waals surface area contributed by atoms with Crippen molar-refractivity contribution in [3.8, 4) is 0 Å². The molecular formula is C17H25N5. The van der Waals surface area contributed by atoms with Crippen molar-refractivity contribution < 1.29 is 0 Å². The Balaban J connectivity index is 1.49. The number of anilines is 1. The summed E-state index contributed by atoms with van der Waals surface area (Å²) < 4.78 is 0. The van der Waals surface area contributed by atoms with Crippen molar-refractivity contribution in [3.05, 3.63) is 18.1 Å². The van der Waals surface area contributed by atoms with Gasteiger partial charge in [0.1, 0.15) is 11.3 Å². The molecule has 0 amide bonds. The van der Waals surface area contributed by atoms with Gasteiger partial charge in [-0.25, -0.2) is 9.97 Å². The first-order chi connectivity index (χ1) is 10.8. The van der Waals surface area contributed by atoms with Gasteiger partial charge in [0.25, 0.3) is 0 Å². The molecule has 0 spiro atoms. The number of nitrogens with zero attached hydrogens (tertiary/aromatic N) is 3. The normalized spacial score (nSPS) is 21.6. The SMILES string of the molecule is Cc1nc(N2CCC(C3CCNCC3)CC2)c2[nH]ccc2n1. The van der Waals surface area contributed by atoms with E-state index in [1.54, 1.807) is 0 Å². The molecule has 0 atom stereocenters. The first kappa shape index (κ1) is 14.0. The smallest absolute Gasteiger partial charge is 0.156 e. The van der Waals surface area contributed by atoms with E-state index < -0.39 is 0 Å². The van der Waals surface area contributed by atoms with E-state index in [2.05, 4.69) is 20.2 Å². The topological polar surface area (TPSA) is 56.8 Å². The Morgan fingerprint density at radius 3 is 2.55 bits per heavy atom. The predicted octanol–water partition coefficient (Wildman–Crippen LogP) is 2.48. The molecule has 2 saturated heterocycles. The molecule has 2 aliphatic heterocycles. The molecule has 4 heterocycles. The molecule has 0 bridgehead atoms. The maximum atomic E-state index is 4.71. The summed E-state index contributed by atoms with van der Waals surface area (Å²) in [6.07, 6.45) is 7.28. The Labute approximate surface area is 131 Å². The average Bonchev–Trinajstić information content (AvgIpc) is 3.03. The first-order valence-electron chi connectivity index (χ1n) is 8.58. The summed E-state index contributed by atoms with van der Waals surface area (Å²) >= 11 is 0. The number of hydrogen-bond donors (Lipinski definition) is 2. The van der Waals surface area contributed by atoms with Crippen molar-refractivity contribution in [3.63, 3.8) is 0 Å². The Bertz CT molecular complexity index is 636. The zero-order chi connectivity index (χ0) is 14.9. The fourth-order valence-corrected chi connectivity index (χ4v) is 4.17. The number of hydrogen-bond acceptors (Lipinski definition) is 4. The van der Waals surface area contributed by atoms with Crippen LogP contribution in [0.25, 0.3) is 11.0 Å². The molecule has 2 N–H and O–H groups in total. The molecule has 2 aromatic rings. The van der Waals surface area contributed by atoms with Crippen molar-refractivity contribution in [1.82, 2.24) is 20.3 Å². The lowest BCUT2D eigenvalue weighted by Gasteiger charge is -2.38. The van der Waals surface area contributed by atoms with E-state index in [-0.39, 0.29) is 0 Å². The standard InChI is InChI=1S/C17H25N5/c1-12-20-15-4-9-19-16(15)17(21-12)22-10-5-14(6-11-22)13-2-7-18-8-3-13/h4,9,13-14,18-19H,2-3,5-8,10-11H2,1H3. The quantitative estimate of drug-likeness (QED) is 0.894. The van der Waals surface area contributed by atoms with E-state index in [9.17, 15) is 0 Å². The van der Waals surface area contributed by atoms with Gasteiger partial charge in [-0.3, -0.25) is 0 Å². The van der Waals surface area contributed by atoms with Gasteiger partial charge in [0.2, 0.25) is 0 Å². The van der Waals surface area contributed by atoms with Crippen molar-refractivity contribution in [2.24, 2.45) is 11.8 Å². The molecule has 0 aromatic carbocycles. The molecule has 4 rings (SSSR count). The maximum absolute atomic E-state index is 4.71. The molecule has 0 saturated carbocycles. The van der Waals surface area contributed by atoms with Crippen LogP contribution in [0.15, 0.2) is 12.3 Å². The van der Waals surface area contributed by atoms with Crippen LogP contribution in [0.3, 0.4) is 0 Å². The zero-order valence-corrected chi connectivity index (χ0v) is 13.3. The Morgan fingerprint density at radius 2 is 1.77 bits per heavy atom. The number of nitrogens with one attached hydrogen (secondary N) is 2. The number of H-pyrrole nitrogens is 1. The Morgan fingerprint density at radius 1 is 1.05 bits per heavy atom. The van der Waals surface area contributed by atoms with Crippen molar-refractivity contribution in [2.75, 3.05) is 31.1 Å². The third kappa shape index (κ3) is 2.58. The van der Waals surface area contributed by atoms with Gasteiger partial charge in [0.15, 0.2) is 5.82 Å². The Hall–Kier alpha value is -1.62. The molecule has 2 aliphatic rings. The molecule has 5 nitrogen and oxygen atoms in total. The summed E-state index contributed by atoms with van der Waals surface area (Å²) in [6.45, 7) is 6.65. The largest absolute Gasteiger partial charge is 0.357 e. The van der Waals surface area contributed by atoms with E-state index in [1.165, 1.54) is 38.8 Å². The summed E-state index contributed by atoms with van der Waals surface area (Å²) in [7, 11) is 0. The third-order valence-corrected chi connectivity index (χ3v) is 5.39. The van der Waals surface area contributed by atoms with E-state index in [0.717, 1.165) is 47.6 Å². The number of aromatic amines is 1. The lowest BCUT2D eigenvalue weighted by molar-refractivity contribution is 0.222. The van der Waals surface area contributed by atoms with Crippen LogP contribution in [-0.4, -0.2) is 41.1 Å². The number of rotatable bonds is 2. The molecular weight excluding hydrogens is 274 g/mol. The molecule has 2 fully saturated rings. The van der Waals surface area contributed by atoms with Crippen molar-refractivity contribution in [1.29, 1.82) is 0 Å². The van der Waals surface area contributed by atoms with Gasteiger partial charge in [-0.2, -0.15) is 0 Å². The van der Waals surface area contributed by atoms with Crippen LogP contribution >= 0.6 is 0 Å². The van der Waals surface area contributed by atoms with Gasteiger partial charge in [0, 0.05) is 19.3 Å². The van der Waals surface area contributed by atoms with Crippen LogP contribution in [0.4, 0.5) is 5.82 Å². The Kier molecular flexibility index (Phi) is 3.74. The molecule has 0 aliphatic carbocycles. The van der Waals surface area contributed by atoms with Crippen molar-refractivity contribution in [2.45, 2.75) is 32.6 Å². The van der Waals surface area contributed by atoms with E-state index in [0.29, 0.717) is 0 Å². The number of aromatic nitrogens is 3. The maximum Gasteiger partial charge on any atom is 0.156 e. The van der Waals surface area contributed by atoms with E-state index in [1.807, 2.05) is 19.2 Å². The molecule has 0 unspecified atom stereocenters. The van der Waals surface area contributed by atoms with E-state index >= 15 is 0 Å². The van der Waals surface area contributed by atoms with Gasteiger partial charge in [-0.1, -0.05) is 0 Å². The van der Waals surface area contributed by atoms with Crippen LogP contribution in [0.5, 0.6) is 0 Å². The predicted molar refractivity (Wildman–Crippen MR) is 89.2 cm³/mol. The first-order valence-corrected chi connectivity index (χ1v) is 8.58. The van der Waals surface area contributed by atoms with Gasteiger partial charge in [0.05, 0.1) is 5.52 Å². The van der Waals surface area contributed by atoms with Crippen LogP contribution in [0.2, 0.25) is 0 Å². The minimum absolute atomic E-state index is 0.863. The second-order valence-corrected chi connectivity index (χ2v) is 6.74. The van der Waals surface area contributed by atoms with Gasteiger partial charge < -0.3 is 15.2 Å². The minimum Gasteiger partial charge on any atom is -0.357 e. The summed E-state index contributed by atoms with van der Waals surface area (Å²) in [4.78, 5) is 15.0. The van der Waals surface area contributed by atoms with E-state index in [4.69, 9.17) is 4.98 Å². The summed E-state index contributed by atoms with van der Waals surface area (Å²) in [5.41, 5.74) is 2.12. The van der Waals surface area contributed by atoms with Crippen LogP contribution in [0, 0.1) is 18.8 Å². The van der Waals surface area contributed by atoms with Crippen LogP contribution in [0.1, 0.15) is 31.5 Å². The molecule has 22 heavy (non-hydrogen) atoms. The average molecular weight is 299 g/mol. The number of aryl methyl sites for hydroxylation is 1. The lowest BCUT2D eigenvalue weighted by Crippen LogP contribution is -2.39.